The van der Waals surface area contributed by atoms with Crippen LogP contribution in [0.1, 0.15) is 71.9 Å². The zero-order valence-corrected chi connectivity index (χ0v) is 62.9. The summed E-state index contributed by atoms with van der Waals surface area (Å²) in [5.74, 6) is -0.162. The molecule has 562 valence electrons. The molecule has 8 aromatic rings. The van der Waals surface area contributed by atoms with Gasteiger partial charge in [-0.05, 0) is 154 Å². The predicted molar refractivity (Wildman–Crippen MR) is 428 cm³/mol. The van der Waals surface area contributed by atoms with Crippen molar-refractivity contribution in [2.45, 2.75) is 43.7 Å². The molecule has 2 aromatic heterocycles. The minimum Gasteiger partial charge on any atom is -0.497 e. The number of imide groups is 3. The molecule has 6 aliphatic heterocycles. The zero-order valence-electron chi connectivity index (χ0n) is 61.3. The summed E-state index contributed by atoms with van der Waals surface area (Å²) >= 11 is 3.38. The van der Waals surface area contributed by atoms with Crippen LogP contribution in [0.3, 0.4) is 0 Å². The highest BCUT2D eigenvalue weighted by Crippen LogP contribution is 2.39. The Labute approximate surface area is 671 Å². The molecule has 3 saturated heterocycles. The predicted octanol–water partition coefficient (Wildman–Crippen LogP) is 7.58. The molecule has 25 nitrogen and oxygen atoms in total. The van der Waals surface area contributed by atoms with E-state index in [0.29, 0.717) is 81.8 Å². The number of nitrogens with one attached hydrogen (secondary N) is 4. The van der Waals surface area contributed by atoms with E-state index in [2.05, 4.69) is 94.7 Å². The molecule has 3 atom stereocenters. The first-order valence-electron chi connectivity index (χ1n) is 34.1. The van der Waals surface area contributed by atoms with Crippen molar-refractivity contribution >= 4 is 127 Å². The Morgan fingerprint density at radius 1 is 0.474 bits per heavy atom. The molecule has 114 heavy (non-hydrogen) atoms. The highest BCUT2D eigenvalue weighted by Gasteiger charge is 2.56. The number of likely N-dealkylation sites (N-methyl/N-ethyl adjacent to an activating group) is 2. The molecule has 10 radical (unpaired) electrons. The van der Waals surface area contributed by atoms with Gasteiger partial charge in [0, 0.05) is 125 Å². The number of nitrogens with zero attached hydrogens (tertiary/aromatic N) is 7. The summed E-state index contributed by atoms with van der Waals surface area (Å²) in [7, 11) is 33.2. The Morgan fingerprint density at radius 2 is 0.807 bits per heavy atom. The van der Waals surface area contributed by atoms with E-state index >= 15 is 0 Å². The van der Waals surface area contributed by atoms with Gasteiger partial charge in [0.05, 0.1) is 53.4 Å². The maximum Gasteiger partial charge on any atom is 0.325 e. The van der Waals surface area contributed by atoms with E-state index in [9.17, 15) is 51.9 Å². The molecule has 6 aliphatic rings. The number of ether oxygens (including phenoxy) is 5. The van der Waals surface area contributed by atoms with E-state index in [1.165, 1.54) is 62.4 Å². The van der Waals surface area contributed by atoms with Crippen LogP contribution >= 0.6 is 15.9 Å². The van der Waals surface area contributed by atoms with Gasteiger partial charge in [0.15, 0.2) is 16.6 Å². The SMILES string of the molecule is C.C=C=C=C=C=C=C=C.COc1ccc2c(c1)C(=O)N(C[C@@]1(c3ccc(Br)cc3)NC(=O)N(C)C1=O)C2.COc1ccc2c(c1)C(=O)N(C[C@@]1(c3ccc(Oc4ccc(F)cn4)cc3)NC(=O)N(C)C1=O)C2.COc1ccc2c(c1)C(=O)N(C[C@@]1(c3ccc(Oc4ccc(F)cn4)cc3)NC(=O)NC1=O)C2.[B]B([B])B([B])B([B])[B]. The largest absolute Gasteiger partial charge is 0.497 e. The maximum atomic E-state index is 13.3. The van der Waals surface area contributed by atoms with Gasteiger partial charge in [0.1, 0.15) is 40.4 Å². The Hall–Kier alpha value is -12.9. The summed E-state index contributed by atoms with van der Waals surface area (Å²) in [6, 6.07) is 39.5. The third kappa shape index (κ3) is 18.8. The van der Waals surface area contributed by atoms with Gasteiger partial charge in [0.2, 0.25) is 11.8 Å². The summed E-state index contributed by atoms with van der Waals surface area (Å²) in [5.41, 5.74) is 15.8. The molecule has 0 bridgehead atoms. The van der Waals surface area contributed by atoms with Crippen molar-refractivity contribution in [3.8, 4) is 40.5 Å². The fraction of sp³-hybridized carbons (Fsp3) is 0.192. The van der Waals surface area contributed by atoms with Crippen molar-refractivity contribution in [1.29, 1.82) is 0 Å². The van der Waals surface area contributed by atoms with Crippen LogP contribution in [0.25, 0.3) is 0 Å². The van der Waals surface area contributed by atoms with Gasteiger partial charge in [-0.1, -0.05) is 89.4 Å². The van der Waals surface area contributed by atoms with Crippen LogP contribution in [0.15, 0.2) is 216 Å². The lowest BCUT2D eigenvalue weighted by Gasteiger charge is -2.31. The molecule has 0 saturated carbocycles. The fourth-order valence-corrected chi connectivity index (χ4v) is 12.8. The van der Waals surface area contributed by atoms with E-state index in [1.54, 1.807) is 121 Å². The average molecular weight is 1590 g/mol. The number of urea groups is 3. The third-order valence-electron chi connectivity index (χ3n) is 18.5. The van der Waals surface area contributed by atoms with Crippen LogP contribution in [0.4, 0.5) is 23.2 Å². The molecule has 8 heterocycles. The topological polar surface area (TPSA) is 290 Å². The Bertz CT molecular complexity index is 5250. The van der Waals surface area contributed by atoms with Crippen LogP contribution in [-0.4, -0.2) is 201 Å². The minimum absolute atomic E-state index is 0. The van der Waals surface area contributed by atoms with E-state index in [0.717, 1.165) is 43.4 Å². The molecule has 4 N–H and O–H groups in total. The van der Waals surface area contributed by atoms with Crippen molar-refractivity contribution < 1.29 is 75.6 Å². The second kappa shape index (κ2) is 37.0. The van der Waals surface area contributed by atoms with E-state index < -0.39 is 77.3 Å². The number of halogens is 3. The first kappa shape index (κ1) is 85.1. The van der Waals surface area contributed by atoms with Crippen LogP contribution in [-0.2, 0) is 50.6 Å². The molecule has 0 unspecified atom stereocenters. The third-order valence-corrected chi connectivity index (χ3v) is 19.1. The lowest BCUT2D eigenvalue weighted by atomic mass is 8.68. The number of fused-ring (bicyclic) bond motifs is 3. The molecule has 12 amide bonds. The Morgan fingerprint density at radius 3 is 1.09 bits per heavy atom. The normalized spacial score (nSPS) is 17.5. The van der Waals surface area contributed by atoms with E-state index in [1.807, 2.05) is 18.2 Å². The number of aromatic nitrogens is 2. The lowest BCUT2D eigenvalue weighted by molar-refractivity contribution is -0.132. The van der Waals surface area contributed by atoms with Crippen LogP contribution in [0.5, 0.6) is 40.5 Å². The molecule has 6 aromatic carbocycles. The number of hydrogen-bond acceptors (Lipinski definition) is 16. The highest BCUT2D eigenvalue weighted by atomic mass is 79.9. The number of amides is 12. The maximum absolute atomic E-state index is 13.3. The number of pyridine rings is 2. The van der Waals surface area contributed by atoms with Gasteiger partial charge in [0.25, 0.3) is 35.4 Å². The Balaban J connectivity index is 0.000000178. The van der Waals surface area contributed by atoms with Crippen molar-refractivity contribution in [3.05, 3.63) is 278 Å². The zero-order chi connectivity index (χ0) is 81.6. The number of methoxy groups -OCH3 is 3. The summed E-state index contributed by atoms with van der Waals surface area (Å²) in [4.78, 5) is 130. The van der Waals surface area contributed by atoms with Crippen molar-refractivity contribution in [2.75, 3.05) is 55.1 Å². The van der Waals surface area contributed by atoms with Gasteiger partial charge < -0.3 is 54.3 Å². The lowest BCUT2D eigenvalue weighted by Crippen LogP contribution is -2.52. The standard InChI is InChI=1S/C25H21FN4O5.C24H19FN4O5.C20H18BrN3O4.C8H4.CH4.B8/c1-29-23(32)25(28-24(29)33,14-30-13-15-3-7-19(34-2)11-20(15)22(30)31)16-4-8-18(9-5-16)35-21-10-6-17(26)12-27-21;1-33-18-6-2-14-12-29(21(30)19(14)10-18)13-24(22(31)27-23(32)28-24)15-3-7-17(8-4-15)34-20-9-5-16(25)11-26-20;1-23-18(26)20(22-19(23)27,13-4-6-14(21)7-5-13)11-24-10-12-3-8-15(28-2)9-16(12)17(24)25;1-3-5-7-8-6-4-2;;1-6(2)8(5)7(3)4/h3-12H,13-14H2,1-2H3,(H,28,33);2-11H,12-13H2,1H3,(H2,27,28,31,32);3-9H,10-11H2,1-2H3,(H,22,27);1-2H2;1H4;/t25-;24-;20-;;;/m000.../s1. The molecule has 0 aliphatic carbocycles. The fourth-order valence-electron chi connectivity index (χ4n) is 12.6. The molecular weight excluding hydrogens is 1520 g/mol. The van der Waals surface area contributed by atoms with E-state index in [4.69, 9.17) is 62.4 Å². The first-order valence-corrected chi connectivity index (χ1v) is 34.9. The molecule has 0 spiro atoms. The van der Waals surface area contributed by atoms with Gasteiger partial charge in [-0.25, -0.2) is 33.1 Å². The first-order chi connectivity index (χ1) is 54.0. The molecular formula is C78H66B8BrF2N11O14. The van der Waals surface area contributed by atoms with Gasteiger partial charge in [-0.3, -0.25) is 43.9 Å². The average Bonchev–Trinajstić information content (AvgIpc) is 1.60. The number of carbonyl (C=O) groups is 9. The minimum atomic E-state index is -1.48. The summed E-state index contributed by atoms with van der Waals surface area (Å²) in [6.45, 7) is 7.38. The van der Waals surface area contributed by atoms with Crippen molar-refractivity contribution in [2.24, 2.45) is 0 Å². The summed E-state index contributed by atoms with van der Waals surface area (Å²) in [5, 5.41) is 10.5. The molecule has 14 rings (SSSR count). The molecule has 3 fully saturated rings. The van der Waals surface area contributed by atoms with Crippen molar-refractivity contribution in [3.63, 3.8) is 0 Å². The van der Waals surface area contributed by atoms with Gasteiger partial charge in [-0.15, -0.1) is 0 Å². The second-order valence-electron chi connectivity index (χ2n) is 25.7. The summed E-state index contributed by atoms with van der Waals surface area (Å²) < 4.78 is 53.9. The smallest absolute Gasteiger partial charge is 0.325 e. The van der Waals surface area contributed by atoms with E-state index in [-0.39, 0.29) is 62.4 Å². The monoisotopic (exact) mass is 1590 g/mol. The summed E-state index contributed by atoms with van der Waals surface area (Å²) in [6.07, 6.45) is 0.305. The number of benzene rings is 6. The number of hydrogen-bond donors (Lipinski definition) is 4. The number of carbonyl (C=O) groups excluding carboxylic acids is 9. The van der Waals surface area contributed by atoms with Crippen LogP contribution in [0, 0.1) is 11.6 Å². The van der Waals surface area contributed by atoms with Gasteiger partial charge >= 0.3 is 18.1 Å². The molecule has 36 heteroatoms. The van der Waals surface area contributed by atoms with Gasteiger partial charge in [-0.2, -0.15) is 0 Å². The van der Waals surface area contributed by atoms with Crippen LogP contribution in [0.2, 0.25) is 0 Å². The van der Waals surface area contributed by atoms with Crippen molar-refractivity contribution in [1.82, 2.24) is 55.7 Å². The Kier molecular flexibility index (Phi) is 27.6. The van der Waals surface area contributed by atoms with Crippen LogP contribution < -0.4 is 45.0 Å². The second-order valence-corrected chi connectivity index (χ2v) is 26.7. The number of rotatable bonds is 18. The highest BCUT2D eigenvalue weighted by molar-refractivity contribution is 9.10. The quantitative estimate of drug-likeness (QED) is 0.0366.